The van der Waals surface area contributed by atoms with E-state index in [1.54, 1.807) is 20.7 Å². The third-order valence-corrected chi connectivity index (χ3v) is 7.13. The van der Waals surface area contributed by atoms with E-state index in [1.165, 1.54) is 6.08 Å². The summed E-state index contributed by atoms with van der Waals surface area (Å²) >= 11 is 5.53. The van der Waals surface area contributed by atoms with Gasteiger partial charge in [0.25, 0.3) is 5.91 Å². The third-order valence-electron chi connectivity index (χ3n) is 3.80. The second-order valence-electron chi connectivity index (χ2n) is 5.62. The van der Waals surface area contributed by atoms with Crippen LogP contribution in [0.25, 0.3) is 11.1 Å². The van der Waals surface area contributed by atoms with Crippen LogP contribution in [0, 0.1) is 10.7 Å². The smallest absolute Gasteiger partial charge is 0.251 e. The molecule has 0 saturated carbocycles. The lowest BCUT2D eigenvalue weighted by molar-refractivity contribution is -0.115. The molecule has 1 aromatic carbocycles. The maximum absolute atomic E-state index is 12.4. The van der Waals surface area contributed by atoms with Crippen molar-refractivity contribution in [2.45, 2.75) is 26.3 Å². The molecule has 0 unspecified atom stereocenters. The summed E-state index contributed by atoms with van der Waals surface area (Å²) in [5.41, 5.74) is 3.84. The number of carbonyl (C=O) groups excluding carboxylic acids is 1. The highest BCUT2D eigenvalue weighted by Gasteiger charge is 2.42. The average Bonchev–Trinajstić information content (AvgIpc) is 2.82. The first-order chi connectivity index (χ1) is 9.87. The van der Waals surface area contributed by atoms with Crippen LogP contribution in [0.15, 0.2) is 30.9 Å². The monoisotopic (exact) mass is 333 g/mol. The molecule has 0 spiro atoms. The van der Waals surface area contributed by atoms with E-state index in [2.05, 4.69) is 33.4 Å². The molecule has 0 aliphatic carbocycles. The van der Waals surface area contributed by atoms with Gasteiger partial charge in [0.1, 0.15) is 3.82 Å². The SMILES string of the molecule is C=CC(=O)N1c2ccc(C)cc2-c2c(ssc2=S)C1(C)C. The number of benzene rings is 1. The Labute approximate surface area is 136 Å². The minimum Gasteiger partial charge on any atom is -0.298 e. The van der Waals surface area contributed by atoms with Gasteiger partial charge in [0, 0.05) is 11.1 Å². The summed E-state index contributed by atoms with van der Waals surface area (Å²) in [7, 11) is 3.28. The molecule has 2 aromatic rings. The van der Waals surface area contributed by atoms with Crippen LogP contribution in [0.2, 0.25) is 0 Å². The summed E-state index contributed by atoms with van der Waals surface area (Å²) in [5.74, 6) is -0.0833. The van der Waals surface area contributed by atoms with Gasteiger partial charge in [0.15, 0.2) is 0 Å². The molecule has 1 aliphatic rings. The van der Waals surface area contributed by atoms with E-state index in [0.717, 1.165) is 31.1 Å². The van der Waals surface area contributed by atoms with Crippen molar-refractivity contribution < 1.29 is 4.79 Å². The first-order valence-corrected chi connectivity index (χ1v) is 9.15. The highest BCUT2D eigenvalue weighted by molar-refractivity contribution is 7.80. The molecule has 1 aliphatic heterocycles. The van der Waals surface area contributed by atoms with Crippen molar-refractivity contribution in [3.8, 4) is 11.1 Å². The standard InChI is InChI=1S/C16H15NOS3/c1-5-12(18)17-11-7-6-9(2)8-10(11)13-14(16(17,3)4)20-21-15(13)19/h5-8H,1H2,2-4H3. The van der Waals surface area contributed by atoms with E-state index < -0.39 is 5.54 Å². The zero-order valence-electron chi connectivity index (χ0n) is 12.1. The van der Waals surface area contributed by atoms with Gasteiger partial charge in [0.2, 0.25) is 0 Å². The summed E-state index contributed by atoms with van der Waals surface area (Å²) in [6.45, 7) is 9.83. The van der Waals surface area contributed by atoms with E-state index in [1.807, 2.05) is 17.0 Å². The number of rotatable bonds is 1. The first kappa shape index (κ1) is 14.6. The maximum Gasteiger partial charge on any atom is 0.251 e. The second-order valence-corrected chi connectivity index (χ2v) is 8.43. The largest absolute Gasteiger partial charge is 0.298 e. The van der Waals surface area contributed by atoms with Crippen LogP contribution in [-0.2, 0) is 10.3 Å². The molecule has 0 radical (unpaired) electrons. The molecular weight excluding hydrogens is 318 g/mol. The average molecular weight is 334 g/mol. The van der Waals surface area contributed by atoms with E-state index in [4.69, 9.17) is 12.2 Å². The Hall–Kier alpha value is -1.30. The molecule has 0 atom stereocenters. The molecule has 0 fully saturated rings. The molecule has 21 heavy (non-hydrogen) atoms. The molecule has 3 rings (SSSR count). The number of fused-ring (bicyclic) bond motifs is 3. The number of hydrogen-bond acceptors (Lipinski definition) is 4. The van der Waals surface area contributed by atoms with Crippen LogP contribution in [0.5, 0.6) is 0 Å². The minimum atomic E-state index is -0.416. The zero-order valence-corrected chi connectivity index (χ0v) is 14.5. The lowest BCUT2D eigenvalue weighted by Gasteiger charge is -2.42. The lowest BCUT2D eigenvalue weighted by atomic mass is 9.87. The summed E-state index contributed by atoms with van der Waals surface area (Å²) in [6, 6.07) is 6.15. The topological polar surface area (TPSA) is 20.3 Å². The summed E-state index contributed by atoms with van der Waals surface area (Å²) in [6.07, 6.45) is 1.38. The van der Waals surface area contributed by atoms with Gasteiger partial charge in [-0.2, -0.15) is 0 Å². The molecule has 0 saturated heterocycles. The molecule has 0 bridgehead atoms. The molecule has 108 valence electrons. The Bertz CT molecular complexity index is 813. The predicted octanol–water partition coefficient (Wildman–Crippen LogP) is 5.28. The maximum atomic E-state index is 12.4. The number of aryl methyl sites for hydroxylation is 1. The third kappa shape index (κ3) is 2.03. The summed E-state index contributed by atoms with van der Waals surface area (Å²) in [4.78, 5) is 15.4. The fourth-order valence-corrected chi connectivity index (χ4v) is 6.11. The Kier molecular flexibility index (Phi) is 3.39. The molecule has 1 aromatic heterocycles. The van der Waals surface area contributed by atoms with Crippen LogP contribution in [0.4, 0.5) is 5.69 Å². The van der Waals surface area contributed by atoms with Gasteiger partial charge in [-0.25, -0.2) is 0 Å². The molecule has 1 amide bonds. The fraction of sp³-hybridized carbons (Fsp3) is 0.250. The summed E-state index contributed by atoms with van der Waals surface area (Å²) in [5, 5.41) is 0. The summed E-state index contributed by atoms with van der Waals surface area (Å²) < 4.78 is 0.903. The second kappa shape index (κ2) is 4.87. The van der Waals surface area contributed by atoms with Crippen molar-refractivity contribution in [2.24, 2.45) is 0 Å². The predicted molar refractivity (Wildman–Crippen MR) is 93.9 cm³/mol. The van der Waals surface area contributed by atoms with Gasteiger partial charge < -0.3 is 0 Å². The molecule has 5 heteroatoms. The van der Waals surface area contributed by atoms with Crippen LogP contribution < -0.4 is 4.90 Å². The van der Waals surface area contributed by atoms with Crippen molar-refractivity contribution in [1.82, 2.24) is 0 Å². The minimum absolute atomic E-state index is 0.0833. The van der Waals surface area contributed by atoms with Crippen molar-refractivity contribution in [1.29, 1.82) is 0 Å². The van der Waals surface area contributed by atoms with Crippen LogP contribution >= 0.6 is 32.9 Å². The normalized spacial score (nSPS) is 15.3. The Balaban J connectivity index is 2.42. The number of amides is 1. The van der Waals surface area contributed by atoms with E-state index in [-0.39, 0.29) is 5.91 Å². The van der Waals surface area contributed by atoms with Crippen molar-refractivity contribution in [2.75, 3.05) is 4.90 Å². The number of hydrogen-bond donors (Lipinski definition) is 0. The van der Waals surface area contributed by atoms with E-state index >= 15 is 0 Å². The quantitative estimate of drug-likeness (QED) is 0.402. The number of nitrogens with zero attached hydrogens (tertiary/aromatic N) is 1. The highest BCUT2D eigenvalue weighted by atomic mass is 32.9. The van der Waals surface area contributed by atoms with Gasteiger partial charge in [0.05, 0.1) is 16.1 Å². The van der Waals surface area contributed by atoms with Crippen LogP contribution in [0.3, 0.4) is 0 Å². The number of anilines is 1. The van der Waals surface area contributed by atoms with Crippen LogP contribution in [-0.4, -0.2) is 5.91 Å². The number of carbonyl (C=O) groups is 1. The Morgan fingerprint density at radius 3 is 2.76 bits per heavy atom. The van der Waals surface area contributed by atoms with Gasteiger partial charge in [-0.3, -0.25) is 9.69 Å². The molecule has 2 heterocycles. The molecular formula is C16H15NOS3. The van der Waals surface area contributed by atoms with Crippen molar-refractivity contribution in [3.63, 3.8) is 0 Å². The van der Waals surface area contributed by atoms with Gasteiger partial charge in [-0.1, -0.05) is 51.1 Å². The first-order valence-electron chi connectivity index (χ1n) is 6.59. The molecule has 2 nitrogen and oxygen atoms in total. The molecule has 0 N–H and O–H groups in total. The van der Waals surface area contributed by atoms with Gasteiger partial charge >= 0.3 is 0 Å². The van der Waals surface area contributed by atoms with E-state index in [9.17, 15) is 4.79 Å². The van der Waals surface area contributed by atoms with Crippen LogP contribution in [0.1, 0.15) is 24.3 Å². The van der Waals surface area contributed by atoms with Crippen molar-refractivity contribution in [3.05, 3.63) is 45.1 Å². The highest BCUT2D eigenvalue weighted by Crippen LogP contribution is 2.52. The van der Waals surface area contributed by atoms with Gasteiger partial charge in [-0.05, 0) is 39.0 Å². The fourth-order valence-electron chi connectivity index (χ4n) is 2.83. The Morgan fingerprint density at radius 1 is 1.38 bits per heavy atom. The Morgan fingerprint density at radius 2 is 2.10 bits per heavy atom. The van der Waals surface area contributed by atoms with Crippen molar-refractivity contribution >= 4 is 44.5 Å². The van der Waals surface area contributed by atoms with E-state index in [0.29, 0.717) is 0 Å². The zero-order chi connectivity index (χ0) is 15.4. The lowest BCUT2D eigenvalue weighted by Crippen LogP contribution is -2.47. The van der Waals surface area contributed by atoms with Gasteiger partial charge in [-0.15, -0.1) is 0 Å².